The molecule has 6 nitrogen and oxygen atoms in total. The van der Waals surface area contributed by atoms with Gasteiger partial charge in [0.2, 0.25) is 5.91 Å². The van der Waals surface area contributed by atoms with Gasteiger partial charge in [0.25, 0.3) is 5.69 Å². The van der Waals surface area contributed by atoms with Gasteiger partial charge in [0.15, 0.2) is 0 Å². The zero-order chi connectivity index (χ0) is 18.8. The number of hydrogen-bond acceptors (Lipinski definition) is 3. The monoisotopic (exact) mass is 363 g/mol. The number of aromatic nitrogens is 1. The van der Waals surface area contributed by atoms with Crippen molar-refractivity contribution in [1.82, 2.24) is 9.88 Å². The van der Waals surface area contributed by atoms with Crippen LogP contribution in [0.4, 0.5) is 5.69 Å². The fraction of sp³-hybridized carbons (Fsp3) is 0.286. The molecule has 6 heteroatoms. The Morgan fingerprint density at radius 3 is 2.56 bits per heavy atom. The van der Waals surface area contributed by atoms with E-state index < -0.39 is 0 Å². The Morgan fingerprint density at radius 1 is 1.07 bits per heavy atom. The van der Waals surface area contributed by atoms with Crippen LogP contribution in [-0.2, 0) is 4.79 Å². The summed E-state index contributed by atoms with van der Waals surface area (Å²) in [7, 11) is 0. The molecule has 0 spiro atoms. The molecule has 1 atom stereocenters. The van der Waals surface area contributed by atoms with Crippen molar-refractivity contribution >= 4 is 22.5 Å². The molecule has 0 unspecified atom stereocenters. The zero-order valence-corrected chi connectivity index (χ0v) is 14.9. The van der Waals surface area contributed by atoms with Crippen LogP contribution in [0.5, 0.6) is 0 Å². The molecule has 1 N–H and O–H groups in total. The number of nitrogens with one attached hydrogen (secondary N) is 1. The summed E-state index contributed by atoms with van der Waals surface area (Å²) in [6.07, 6.45) is 4.15. The number of aromatic amines is 1. The van der Waals surface area contributed by atoms with Gasteiger partial charge in [0.1, 0.15) is 0 Å². The number of hydrogen-bond donors (Lipinski definition) is 1. The van der Waals surface area contributed by atoms with Crippen molar-refractivity contribution in [2.24, 2.45) is 0 Å². The van der Waals surface area contributed by atoms with Gasteiger partial charge < -0.3 is 9.88 Å². The molecule has 2 heterocycles. The average Bonchev–Trinajstić information content (AvgIpc) is 3.36. The predicted octanol–water partition coefficient (Wildman–Crippen LogP) is 4.22. The molecule has 1 saturated heterocycles. The van der Waals surface area contributed by atoms with Crippen LogP contribution >= 0.6 is 0 Å². The second-order valence-electron chi connectivity index (χ2n) is 6.95. The number of H-pyrrole nitrogens is 1. The number of carbonyl (C=O) groups excluding carboxylic acids is 1. The summed E-state index contributed by atoms with van der Waals surface area (Å²) in [4.78, 5) is 29.2. The summed E-state index contributed by atoms with van der Waals surface area (Å²) in [6.45, 7) is 1.55. The molecule has 3 aromatic rings. The molecule has 0 aliphatic carbocycles. The van der Waals surface area contributed by atoms with E-state index in [1.165, 1.54) is 6.07 Å². The maximum Gasteiger partial charge on any atom is 0.273 e. The summed E-state index contributed by atoms with van der Waals surface area (Å²) in [6, 6.07) is 14.6. The second kappa shape index (κ2) is 7.23. The van der Waals surface area contributed by atoms with Crippen LogP contribution in [0.2, 0.25) is 0 Å². The molecule has 1 aliphatic rings. The van der Waals surface area contributed by atoms with Crippen LogP contribution < -0.4 is 0 Å². The molecule has 0 radical (unpaired) electrons. The molecule has 0 saturated carbocycles. The third-order valence-corrected chi connectivity index (χ3v) is 5.34. The number of benzene rings is 2. The number of likely N-dealkylation sites (tertiary alicyclic amines) is 1. The van der Waals surface area contributed by atoms with Crippen molar-refractivity contribution in [3.05, 3.63) is 76.0 Å². The quantitative estimate of drug-likeness (QED) is 0.544. The molecular weight excluding hydrogens is 342 g/mol. The first-order valence-electron chi connectivity index (χ1n) is 9.22. The fourth-order valence-electron chi connectivity index (χ4n) is 3.99. The van der Waals surface area contributed by atoms with Crippen molar-refractivity contribution in [2.45, 2.75) is 25.2 Å². The van der Waals surface area contributed by atoms with E-state index in [0.717, 1.165) is 42.4 Å². The first-order chi connectivity index (χ1) is 13.1. The summed E-state index contributed by atoms with van der Waals surface area (Å²) in [5, 5.41) is 12.6. The number of rotatable bonds is 5. The highest BCUT2D eigenvalue weighted by molar-refractivity contribution is 5.86. The molecule has 4 rings (SSSR count). The predicted molar refractivity (Wildman–Crippen MR) is 104 cm³/mol. The minimum absolute atomic E-state index is 0.0564. The van der Waals surface area contributed by atoms with Gasteiger partial charge in [-0.1, -0.05) is 36.4 Å². The number of amides is 1. The highest BCUT2D eigenvalue weighted by Gasteiger charge is 2.29. The highest BCUT2D eigenvalue weighted by atomic mass is 16.6. The minimum atomic E-state index is -0.365. The average molecular weight is 363 g/mol. The van der Waals surface area contributed by atoms with Crippen molar-refractivity contribution in [1.29, 1.82) is 0 Å². The topological polar surface area (TPSA) is 79.2 Å². The molecule has 0 bridgehead atoms. The largest absolute Gasteiger partial charge is 0.361 e. The van der Waals surface area contributed by atoms with Crippen LogP contribution in [0, 0.1) is 10.1 Å². The Hall–Kier alpha value is -3.15. The summed E-state index contributed by atoms with van der Waals surface area (Å²) >= 11 is 0. The Kier molecular flexibility index (Phi) is 4.62. The Morgan fingerprint density at radius 2 is 1.78 bits per heavy atom. The number of para-hydroxylation sites is 2. The number of nitro groups is 1. The van der Waals surface area contributed by atoms with Crippen LogP contribution in [-0.4, -0.2) is 33.8 Å². The first kappa shape index (κ1) is 17.3. The molecule has 2 aromatic carbocycles. The summed E-state index contributed by atoms with van der Waals surface area (Å²) in [5.74, 6) is -0.309. The zero-order valence-electron chi connectivity index (χ0n) is 14.9. The minimum Gasteiger partial charge on any atom is -0.361 e. The van der Waals surface area contributed by atoms with E-state index in [9.17, 15) is 14.9 Å². The van der Waals surface area contributed by atoms with Gasteiger partial charge in [-0.25, -0.2) is 0 Å². The molecule has 1 aromatic heterocycles. The van der Waals surface area contributed by atoms with E-state index in [4.69, 9.17) is 0 Å². The van der Waals surface area contributed by atoms with Gasteiger partial charge >= 0.3 is 0 Å². The van der Waals surface area contributed by atoms with Crippen molar-refractivity contribution < 1.29 is 9.72 Å². The Labute approximate surface area is 157 Å². The van der Waals surface area contributed by atoms with Crippen molar-refractivity contribution in [3.8, 4) is 0 Å². The van der Waals surface area contributed by atoms with E-state index in [2.05, 4.69) is 4.98 Å². The van der Waals surface area contributed by atoms with Crippen LogP contribution in [0.1, 0.15) is 36.3 Å². The lowest BCUT2D eigenvalue weighted by Crippen LogP contribution is -2.29. The van der Waals surface area contributed by atoms with E-state index in [1.54, 1.807) is 18.2 Å². The molecule has 1 amide bonds. The summed E-state index contributed by atoms with van der Waals surface area (Å²) < 4.78 is 0. The van der Waals surface area contributed by atoms with Gasteiger partial charge in [-0.15, -0.1) is 0 Å². The van der Waals surface area contributed by atoms with Crippen LogP contribution in [0.25, 0.3) is 10.9 Å². The van der Waals surface area contributed by atoms with Crippen molar-refractivity contribution in [2.75, 3.05) is 13.1 Å². The van der Waals surface area contributed by atoms with E-state index in [0.29, 0.717) is 5.56 Å². The smallest absolute Gasteiger partial charge is 0.273 e. The Bertz CT molecular complexity index is 989. The summed E-state index contributed by atoms with van der Waals surface area (Å²) in [5.41, 5.74) is 2.53. The second-order valence-corrected chi connectivity index (χ2v) is 6.95. The van der Waals surface area contributed by atoms with Gasteiger partial charge in [-0.2, -0.15) is 0 Å². The van der Waals surface area contributed by atoms with Crippen molar-refractivity contribution in [3.63, 3.8) is 0 Å². The van der Waals surface area contributed by atoms with Crippen LogP contribution in [0.3, 0.4) is 0 Å². The molecule has 138 valence electrons. The van der Waals surface area contributed by atoms with Gasteiger partial charge in [0, 0.05) is 54.2 Å². The van der Waals surface area contributed by atoms with Gasteiger partial charge in [0.05, 0.1) is 4.92 Å². The highest BCUT2D eigenvalue weighted by Crippen LogP contribution is 2.38. The van der Waals surface area contributed by atoms with E-state index in [1.807, 2.05) is 35.4 Å². The standard InChI is InChI=1S/C21H21N3O3/c25-21(23-11-5-6-12-23)13-17(16-8-2-4-10-20(16)24(26)27)18-14-22-19-9-3-1-7-15(18)19/h1-4,7-10,14,17,22H,5-6,11-13H2/t17-/m1/s1. The fourth-order valence-corrected chi connectivity index (χ4v) is 3.99. The molecule has 27 heavy (non-hydrogen) atoms. The third kappa shape index (κ3) is 3.30. The molecule has 1 aliphatic heterocycles. The normalized spacial score (nSPS) is 15.2. The van der Waals surface area contributed by atoms with Gasteiger partial charge in [-0.05, 0) is 24.5 Å². The molecule has 1 fully saturated rings. The van der Waals surface area contributed by atoms with E-state index >= 15 is 0 Å². The number of nitrogens with zero attached hydrogens (tertiary/aromatic N) is 2. The molecular formula is C21H21N3O3. The first-order valence-corrected chi connectivity index (χ1v) is 9.22. The maximum absolute atomic E-state index is 12.9. The van der Waals surface area contributed by atoms with E-state index in [-0.39, 0.29) is 28.9 Å². The van der Waals surface area contributed by atoms with Gasteiger partial charge in [-0.3, -0.25) is 14.9 Å². The SMILES string of the molecule is O=C(C[C@H](c1ccccc1[N+](=O)[O-])c1c[nH]c2ccccc12)N1CCCC1. The lowest BCUT2D eigenvalue weighted by Gasteiger charge is -2.21. The Balaban J connectivity index is 1.80. The number of carbonyl (C=O) groups is 1. The lowest BCUT2D eigenvalue weighted by atomic mass is 9.86. The third-order valence-electron chi connectivity index (χ3n) is 5.34. The lowest BCUT2D eigenvalue weighted by molar-refractivity contribution is -0.385. The maximum atomic E-state index is 12.9. The number of nitro benzene ring substituents is 1. The number of fused-ring (bicyclic) bond motifs is 1. The van der Waals surface area contributed by atoms with Crippen LogP contribution in [0.15, 0.2) is 54.7 Å².